The minimum atomic E-state index is 0.130. The van der Waals surface area contributed by atoms with Crippen LogP contribution >= 0.6 is 0 Å². The van der Waals surface area contributed by atoms with Crippen LogP contribution < -0.4 is 0 Å². The summed E-state index contributed by atoms with van der Waals surface area (Å²) in [7, 11) is 0. The molecule has 0 bridgehead atoms. The number of hydrogen-bond acceptors (Lipinski definition) is 4. The van der Waals surface area contributed by atoms with Crippen molar-refractivity contribution in [3.63, 3.8) is 0 Å². The van der Waals surface area contributed by atoms with E-state index in [1.54, 1.807) is 0 Å². The fraction of sp³-hybridized carbons (Fsp3) is 0.429. The summed E-state index contributed by atoms with van der Waals surface area (Å²) in [5.41, 5.74) is 3.85. The van der Waals surface area contributed by atoms with Crippen molar-refractivity contribution in [2.24, 2.45) is 0 Å². The molecule has 1 saturated heterocycles. The lowest BCUT2D eigenvalue weighted by Gasteiger charge is -2.32. The second-order valence-corrected chi connectivity index (χ2v) is 7.27. The molecule has 1 aliphatic rings. The summed E-state index contributed by atoms with van der Waals surface area (Å²) in [6.07, 6.45) is 8.19. The number of aliphatic hydroxyl groups excluding tert-OH is 1. The molecule has 0 amide bonds. The number of aromatic nitrogens is 4. The first-order valence-corrected chi connectivity index (χ1v) is 9.72. The molecule has 1 aliphatic heterocycles. The highest BCUT2D eigenvalue weighted by molar-refractivity contribution is 5.27. The number of hydrogen-bond donors (Lipinski definition) is 1. The van der Waals surface area contributed by atoms with Gasteiger partial charge in [0.2, 0.25) is 0 Å². The Balaban J connectivity index is 1.43. The zero-order valence-corrected chi connectivity index (χ0v) is 15.6. The summed E-state index contributed by atoms with van der Waals surface area (Å²) in [6.45, 7) is 4.63. The molecule has 142 valence electrons. The largest absolute Gasteiger partial charge is 0.394 e. The SMILES string of the molecule is OCCn1ccc([C@@H]2CCCN(Cc3ccccc3Cn3cccn3)C2)n1. The van der Waals surface area contributed by atoms with Gasteiger partial charge in [-0.25, -0.2) is 0 Å². The van der Waals surface area contributed by atoms with Crippen LogP contribution in [0.3, 0.4) is 0 Å². The van der Waals surface area contributed by atoms with Gasteiger partial charge in [-0.3, -0.25) is 14.3 Å². The number of aliphatic hydroxyl groups is 1. The number of piperidine rings is 1. The third-order valence-corrected chi connectivity index (χ3v) is 5.32. The highest BCUT2D eigenvalue weighted by atomic mass is 16.3. The van der Waals surface area contributed by atoms with Gasteiger partial charge in [0.25, 0.3) is 0 Å². The zero-order valence-electron chi connectivity index (χ0n) is 15.6. The zero-order chi connectivity index (χ0) is 18.5. The smallest absolute Gasteiger partial charge is 0.0668 e. The lowest BCUT2D eigenvalue weighted by molar-refractivity contribution is 0.197. The van der Waals surface area contributed by atoms with Crippen LogP contribution in [0, 0.1) is 0 Å². The van der Waals surface area contributed by atoms with Crippen molar-refractivity contribution in [3.8, 4) is 0 Å². The fourth-order valence-corrected chi connectivity index (χ4v) is 3.94. The summed E-state index contributed by atoms with van der Waals surface area (Å²) in [6, 6.07) is 12.7. The van der Waals surface area contributed by atoms with Gasteiger partial charge < -0.3 is 5.11 Å². The molecule has 1 atom stereocenters. The Hall–Kier alpha value is -2.44. The maximum absolute atomic E-state index is 9.09. The topological polar surface area (TPSA) is 59.1 Å². The molecule has 0 aliphatic carbocycles. The first-order chi connectivity index (χ1) is 13.3. The molecule has 6 nitrogen and oxygen atoms in total. The normalized spacial score (nSPS) is 18.0. The van der Waals surface area contributed by atoms with E-state index in [-0.39, 0.29) is 6.61 Å². The predicted octanol–water partition coefficient (Wildman–Crippen LogP) is 2.50. The van der Waals surface area contributed by atoms with Crippen LogP contribution in [-0.4, -0.2) is 49.3 Å². The first-order valence-electron chi connectivity index (χ1n) is 9.72. The van der Waals surface area contributed by atoms with Gasteiger partial charge in [-0.2, -0.15) is 10.2 Å². The third kappa shape index (κ3) is 4.46. The van der Waals surface area contributed by atoms with Crippen LogP contribution in [0.4, 0.5) is 0 Å². The standard InChI is InChI=1S/C21H27N5O/c27-14-13-25-12-8-21(23-25)20-7-3-10-24(16-20)15-18-5-1-2-6-19(18)17-26-11-4-9-22-26/h1-2,4-6,8-9,11-12,20,27H,3,7,10,13-17H2/t20-/m1/s1. The molecule has 27 heavy (non-hydrogen) atoms. The molecule has 0 spiro atoms. The van der Waals surface area contributed by atoms with Crippen LogP contribution in [0.15, 0.2) is 55.0 Å². The van der Waals surface area contributed by atoms with E-state index < -0.39 is 0 Å². The lowest BCUT2D eigenvalue weighted by Crippen LogP contribution is -2.34. The van der Waals surface area contributed by atoms with E-state index in [4.69, 9.17) is 5.11 Å². The lowest BCUT2D eigenvalue weighted by atomic mass is 9.94. The molecule has 1 aromatic carbocycles. The van der Waals surface area contributed by atoms with E-state index in [1.807, 2.05) is 34.0 Å². The molecular formula is C21H27N5O. The minimum Gasteiger partial charge on any atom is -0.394 e. The molecule has 1 N–H and O–H groups in total. The van der Waals surface area contributed by atoms with Gasteiger partial charge in [-0.1, -0.05) is 24.3 Å². The molecule has 6 heteroatoms. The molecule has 0 unspecified atom stereocenters. The summed E-state index contributed by atoms with van der Waals surface area (Å²) < 4.78 is 3.82. The van der Waals surface area contributed by atoms with Gasteiger partial charge in [0.1, 0.15) is 0 Å². The quantitative estimate of drug-likeness (QED) is 0.699. The maximum atomic E-state index is 9.09. The van der Waals surface area contributed by atoms with Crippen molar-refractivity contribution in [3.05, 3.63) is 71.8 Å². The second-order valence-electron chi connectivity index (χ2n) is 7.27. The van der Waals surface area contributed by atoms with E-state index in [0.29, 0.717) is 12.5 Å². The van der Waals surface area contributed by atoms with Gasteiger partial charge >= 0.3 is 0 Å². The average Bonchev–Trinajstić information content (AvgIpc) is 3.36. The summed E-state index contributed by atoms with van der Waals surface area (Å²) >= 11 is 0. The molecule has 4 rings (SSSR count). The number of benzene rings is 1. The Morgan fingerprint density at radius 1 is 1.00 bits per heavy atom. The van der Waals surface area contributed by atoms with Crippen LogP contribution in [0.5, 0.6) is 0 Å². The highest BCUT2D eigenvalue weighted by Crippen LogP contribution is 2.27. The Bertz CT molecular complexity index is 842. The van der Waals surface area contributed by atoms with E-state index in [9.17, 15) is 0 Å². The molecule has 1 fully saturated rings. The molecular weight excluding hydrogens is 338 g/mol. The van der Waals surface area contributed by atoms with Gasteiger partial charge in [-0.05, 0) is 42.6 Å². The van der Waals surface area contributed by atoms with Crippen molar-refractivity contribution in [2.45, 2.75) is 38.4 Å². The van der Waals surface area contributed by atoms with Gasteiger partial charge in [0.05, 0.1) is 25.4 Å². The van der Waals surface area contributed by atoms with Crippen molar-refractivity contribution in [2.75, 3.05) is 19.7 Å². The van der Waals surface area contributed by atoms with Crippen molar-refractivity contribution in [1.82, 2.24) is 24.5 Å². The molecule has 3 aromatic rings. The van der Waals surface area contributed by atoms with E-state index in [1.165, 1.54) is 24.0 Å². The summed E-state index contributed by atoms with van der Waals surface area (Å²) in [5.74, 6) is 0.469. The monoisotopic (exact) mass is 365 g/mol. The Morgan fingerprint density at radius 2 is 1.85 bits per heavy atom. The number of nitrogens with zero attached hydrogens (tertiary/aromatic N) is 5. The van der Waals surface area contributed by atoms with Crippen LogP contribution in [0.25, 0.3) is 0 Å². The minimum absolute atomic E-state index is 0.130. The van der Waals surface area contributed by atoms with Crippen LogP contribution in [-0.2, 0) is 19.6 Å². The fourth-order valence-electron chi connectivity index (χ4n) is 3.94. The third-order valence-electron chi connectivity index (χ3n) is 5.32. The van der Waals surface area contributed by atoms with Crippen LogP contribution in [0.2, 0.25) is 0 Å². The van der Waals surface area contributed by atoms with Gasteiger partial charge in [0, 0.05) is 37.6 Å². The average molecular weight is 365 g/mol. The van der Waals surface area contributed by atoms with Crippen molar-refractivity contribution in [1.29, 1.82) is 0 Å². The maximum Gasteiger partial charge on any atom is 0.0668 e. The Morgan fingerprint density at radius 3 is 2.63 bits per heavy atom. The number of likely N-dealkylation sites (tertiary alicyclic amines) is 1. The van der Waals surface area contributed by atoms with E-state index >= 15 is 0 Å². The summed E-state index contributed by atoms with van der Waals surface area (Å²) in [5, 5.41) is 18.1. The summed E-state index contributed by atoms with van der Waals surface area (Å²) in [4.78, 5) is 2.54. The Labute approximate surface area is 160 Å². The highest BCUT2D eigenvalue weighted by Gasteiger charge is 2.23. The van der Waals surface area contributed by atoms with E-state index in [0.717, 1.165) is 31.9 Å². The first kappa shape index (κ1) is 17.9. The van der Waals surface area contributed by atoms with E-state index in [2.05, 4.69) is 45.4 Å². The number of rotatable bonds is 7. The Kier molecular flexibility index (Phi) is 5.65. The molecule has 2 aromatic heterocycles. The van der Waals surface area contributed by atoms with Crippen molar-refractivity contribution < 1.29 is 5.11 Å². The predicted molar refractivity (Wildman–Crippen MR) is 104 cm³/mol. The second kappa shape index (κ2) is 8.50. The molecule has 0 saturated carbocycles. The van der Waals surface area contributed by atoms with Gasteiger partial charge in [-0.15, -0.1) is 0 Å². The van der Waals surface area contributed by atoms with Crippen LogP contribution in [0.1, 0.15) is 35.6 Å². The van der Waals surface area contributed by atoms with Crippen molar-refractivity contribution >= 4 is 0 Å². The molecule has 3 heterocycles. The molecule has 0 radical (unpaired) electrons. The van der Waals surface area contributed by atoms with Gasteiger partial charge in [0.15, 0.2) is 0 Å².